The van der Waals surface area contributed by atoms with Crippen molar-refractivity contribution in [3.8, 4) is 0 Å². The molecule has 0 saturated carbocycles. The predicted octanol–water partition coefficient (Wildman–Crippen LogP) is 4.17. The predicted molar refractivity (Wildman–Crippen MR) is 118 cm³/mol. The summed E-state index contributed by atoms with van der Waals surface area (Å²) < 4.78 is 16.7. The van der Waals surface area contributed by atoms with E-state index in [1.165, 1.54) is 24.4 Å². The molecule has 0 bridgehead atoms. The summed E-state index contributed by atoms with van der Waals surface area (Å²) in [6.07, 6.45) is 3.29. The van der Waals surface area contributed by atoms with Crippen molar-refractivity contribution in [2.45, 2.75) is 19.9 Å². The molecule has 1 unspecified atom stereocenters. The lowest BCUT2D eigenvalue weighted by Gasteiger charge is -2.23. The van der Waals surface area contributed by atoms with Gasteiger partial charge in [0.1, 0.15) is 23.2 Å². The summed E-state index contributed by atoms with van der Waals surface area (Å²) in [5, 5.41) is 13.2. The van der Waals surface area contributed by atoms with Gasteiger partial charge >= 0.3 is 5.91 Å². The minimum absolute atomic E-state index is 0.0843. The highest BCUT2D eigenvalue weighted by molar-refractivity contribution is 7.14. The number of amides is 1. The first-order valence-corrected chi connectivity index (χ1v) is 10.7. The fourth-order valence-corrected chi connectivity index (χ4v) is 4.70. The third kappa shape index (κ3) is 2.85. The fraction of sp³-hybridized carbons (Fsp3) is 0.130. The number of carbonyl (C=O) groups is 2. The number of nitrogens with zero attached hydrogens (tertiary/aromatic N) is 4. The highest BCUT2D eigenvalue weighted by Gasteiger charge is 2.49. The molecule has 4 aromatic rings. The summed E-state index contributed by atoms with van der Waals surface area (Å²) >= 11 is 1.14. The average Bonchev–Trinajstić information content (AvgIpc) is 3.48. The molecule has 160 valence electrons. The van der Waals surface area contributed by atoms with Crippen LogP contribution in [0.2, 0.25) is 0 Å². The van der Waals surface area contributed by atoms with E-state index in [1.54, 1.807) is 29.0 Å². The van der Waals surface area contributed by atoms with Gasteiger partial charge in [0, 0.05) is 23.3 Å². The lowest BCUT2D eigenvalue weighted by atomic mass is 9.96. The van der Waals surface area contributed by atoms with E-state index in [-0.39, 0.29) is 22.0 Å². The maximum atomic E-state index is 14.9. The first-order chi connectivity index (χ1) is 15.4. The molecule has 7 nitrogen and oxygen atoms in total. The van der Waals surface area contributed by atoms with Crippen LogP contribution in [0.1, 0.15) is 28.6 Å². The summed E-state index contributed by atoms with van der Waals surface area (Å²) in [4.78, 5) is 35.9. The first-order valence-electron chi connectivity index (χ1n) is 9.79. The molecule has 1 aliphatic rings. The van der Waals surface area contributed by atoms with E-state index in [9.17, 15) is 19.1 Å². The molecule has 1 aromatic carbocycles. The van der Waals surface area contributed by atoms with Gasteiger partial charge in [0.05, 0.1) is 11.3 Å². The maximum absolute atomic E-state index is 14.9. The van der Waals surface area contributed by atoms with Crippen LogP contribution in [-0.2, 0) is 9.59 Å². The molecular formula is C23H17FN4O3S. The van der Waals surface area contributed by atoms with Crippen molar-refractivity contribution >= 4 is 39.6 Å². The van der Waals surface area contributed by atoms with Crippen molar-refractivity contribution in [2.75, 3.05) is 4.90 Å². The lowest BCUT2D eigenvalue weighted by Crippen LogP contribution is -2.29. The van der Waals surface area contributed by atoms with E-state index >= 15 is 0 Å². The number of Topliss-reactive ketones (excluding diaryl/α,β-unsaturated/α-hetero) is 1. The number of aliphatic hydroxyl groups is 1. The summed E-state index contributed by atoms with van der Waals surface area (Å²) in [5.41, 5.74) is 2.11. The molecular weight excluding hydrogens is 431 g/mol. The van der Waals surface area contributed by atoms with Crippen molar-refractivity contribution < 1.29 is 19.1 Å². The number of hydrogen-bond donors (Lipinski definition) is 1. The number of aliphatic hydroxyl groups excluding tert-OH is 1. The summed E-state index contributed by atoms with van der Waals surface area (Å²) in [5.74, 6) is -2.85. The van der Waals surface area contributed by atoms with Gasteiger partial charge in [-0.3, -0.25) is 14.5 Å². The van der Waals surface area contributed by atoms with Crippen LogP contribution < -0.4 is 4.90 Å². The van der Waals surface area contributed by atoms with Gasteiger partial charge < -0.3 is 9.51 Å². The van der Waals surface area contributed by atoms with Crippen LogP contribution in [0.25, 0.3) is 11.4 Å². The Balaban J connectivity index is 1.79. The van der Waals surface area contributed by atoms with E-state index in [0.717, 1.165) is 21.8 Å². The smallest absolute Gasteiger partial charge is 0.301 e. The van der Waals surface area contributed by atoms with Crippen LogP contribution in [-0.4, -0.2) is 31.2 Å². The SMILES string of the molecule is Cc1cccn2c(C)c(C(O)=C3C(=O)C(=O)N(c4nccs4)C3c3ccccc3F)nc12. The monoisotopic (exact) mass is 448 g/mol. The van der Waals surface area contributed by atoms with Gasteiger partial charge in [-0.2, -0.15) is 0 Å². The molecule has 5 rings (SSSR count). The summed E-state index contributed by atoms with van der Waals surface area (Å²) in [7, 11) is 0. The zero-order chi connectivity index (χ0) is 22.6. The second-order valence-corrected chi connectivity index (χ2v) is 8.31. The molecule has 4 heterocycles. The molecule has 1 saturated heterocycles. The third-order valence-electron chi connectivity index (χ3n) is 5.58. The van der Waals surface area contributed by atoms with E-state index < -0.39 is 29.3 Å². The molecule has 1 atom stereocenters. The van der Waals surface area contributed by atoms with Crippen molar-refractivity contribution in [3.63, 3.8) is 0 Å². The van der Waals surface area contributed by atoms with Crippen molar-refractivity contribution in [2.24, 2.45) is 0 Å². The topological polar surface area (TPSA) is 87.8 Å². The van der Waals surface area contributed by atoms with Crippen LogP contribution in [0.15, 0.2) is 59.7 Å². The number of pyridine rings is 1. The van der Waals surface area contributed by atoms with Gasteiger partial charge in [0.15, 0.2) is 10.9 Å². The number of carbonyl (C=O) groups excluding carboxylic acids is 2. The average molecular weight is 448 g/mol. The largest absolute Gasteiger partial charge is 0.505 e. The summed E-state index contributed by atoms with van der Waals surface area (Å²) in [6.45, 7) is 3.63. The maximum Gasteiger partial charge on any atom is 0.301 e. The molecule has 1 N–H and O–H groups in total. The Bertz CT molecular complexity index is 1420. The molecule has 32 heavy (non-hydrogen) atoms. The van der Waals surface area contributed by atoms with Crippen LogP contribution >= 0.6 is 11.3 Å². The number of rotatable bonds is 3. The van der Waals surface area contributed by atoms with Gasteiger partial charge in [0.2, 0.25) is 0 Å². The molecule has 1 fully saturated rings. The number of halogens is 1. The zero-order valence-electron chi connectivity index (χ0n) is 17.1. The Morgan fingerprint density at radius 2 is 1.94 bits per heavy atom. The lowest BCUT2D eigenvalue weighted by molar-refractivity contribution is -0.132. The van der Waals surface area contributed by atoms with E-state index in [2.05, 4.69) is 9.97 Å². The Morgan fingerprint density at radius 1 is 1.16 bits per heavy atom. The molecule has 3 aromatic heterocycles. The van der Waals surface area contributed by atoms with Gasteiger partial charge in [-0.25, -0.2) is 14.4 Å². The number of fused-ring (bicyclic) bond motifs is 1. The highest BCUT2D eigenvalue weighted by Crippen LogP contribution is 2.43. The minimum atomic E-state index is -1.17. The summed E-state index contributed by atoms with van der Waals surface area (Å²) in [6, 6.07) is 8.42. The molecule has 9 heteroatoms. The van der Waals surface area contributed by atoms with E-state index in [0.29, 0.717) is 11.3 Å². The molecule has 0 spiro atoms. The minimum Gasteiger partial charge on any atom is -0.505 e. The van der Waals surface area contributed by atoms with Crippen LogP contribution in [0, 0.1) is 19.7 Å². The normalized spacial score (nSPS) is 18.1. The van der Waals surface area contributed by atoms with Gasteiger partial charge in [-0.05, 0) is 31.5 Å². The number of benzene rings is 1. The van der Waals surface area contributed by atoms with Gasteiger partial charge in [-0.15, -0.1) is 11.3 Å². The molecule has 0 aliphatic carbocycles. The van der Waals surface area contributed by atoms with Crippen molar-refractivity contribution in [1.82, 2.24) is 14.4 Å². The Kier molecular flexibility index (Phi) is 4.63. The van der Waals surface area contributed by atoms with Gasteiger partial charge in [0.25, 0.3) is 5.78 Å². The number of anilines is 1. The van der Waals surface area contributed by atoms with E-state index in [4.69, 9.17) is 0 Å². The quantitative estimate of drug-likeness (QED) is 0.289. The van der Waals surface area contributed by atoms with E-state index in [1.807, 2.05) is 19.1 Å². The molecule has 1 amide bonds. The fourth-order valence-electron chi connectivity index (χ4n) is 4.03. The van der Waals surface area contributed by atoms with Crippen molar-refractivity contribution in [1.29, 1.82) is 0 Å². The number of hydrogen-bond acceptors (Lipinski definition) is 6. The zero-order valence-corrected chi connectivity index (χ0v) is 17.9. The number of imidazole rings is 1. The Hall–Kier alpha value is -3.85. The van der Waals surface area contributed by atoms with Crippen LogP contribution in [0.3, 0.4) is 0 Å². The Labute approximate surface area is 186 Å². The second kappa shape index (κ2) is 7.38. The van der Waals surface area contributed by atoms with Crippen LogP contribution in [0.4, 0.5) is 9.52 Å². The standard InChI is InChI=1S/C23H17FN4O3S/c1-12-6-5-10-27-13(2)17(26-21(12)27)19(29)16-18(14-7-3-4-8-15(14)24)28(22(31)20(16)30)23-25-9-11-32-23/h3-11,18,29H,1-2H3. The number of thiazole rings is 1. The first kappa shape index (κ1) is 20.1. The van der Waals surface area contributed by atoms with Crippen molar-refractivity contribution in [3.05, 3.63) is 88.1 Å². The number of aromatic nitrogens is 3. The second-order valence-electron chi connectivity index (χ2n) is 7.44. The molecule has 1 aliphatic heterocycles. The Morgan fingerprint density at radius 3 is 2.62 bits per heavy atom. The molecule has 0 radical (unpaired) electrons. The highest BCUT2D eigenvalue weighted by atomic mass is 32.1. The number of ketones is 1. The van der Waals surface area contributed by atoms with Crippen LogP contribution in [0.5, 0.6) is 0 Å². The third-order valence-corrected chi connectivity index (χ3v) is 6.35. The van der Waals surface area contributed by atoms with Gasteiger partial charge in [-0.1, -0.05) is 24.3 Å². The number of aryl methyl sites for hydroxylation is 2.